The van der Waals surface area contributed by atoms with Gasteiger partial charge in [0.05, 0.1) is 6.61 Å². The van der Waals surface area contributed by atoms with Gasteiger partial charge < -0.3 is 8.39 Å². The zero-order chi connectivity index (χ0) is 35.5. The molecule has 3 aromatic carbocycles. The maximum atomic E-state index is 6.93. The van der Waals surface area contributed by atoms with Crippen molar-refractivity contribution in [3.63, 3.8) is 0 Å². The molecule has 4 rings (SSSR count). The molecule has 0 bridgehead atoms. The summed E-state index contributed by atoms with van der Waals surface area (Å²) < 4.78 is 20.5. The highest BCUT2D eigenvalue weighted by atomic mass is 31.1. The molecule has 4 heteroatoms. The highest BCUT2D eigenvalue weighted by molar-refractivity contribution is 7.31. The van der Waals surface area contributed by atoms with Gasteiger partial charge in [0.1, 0.15) is 11.2 Å². The van der Waals surface area contributed by atoms with Crippen LogP contribution in [0.1, 0.15) is 155 Å². The Hall–Kier alpha value is -2.48. The van der Waals surface area contributed by atoms with Crippen LogP contribution in [0.15, 0.2) is 44.8 Å². The molecule has 0 aliphatic carbocycles. The maximum Gasteiger partial charge on any atom is 0.387 e. The standard InChI is InChI=1S/C43H63O3P/c1-27-21-29(22-34(28(27)2)41(9,10)11)19-18-20-44-47-45-37-32(23-30(39(3,4)5)25-35(37)42(12,13)14)33-24-31(40(6,7)8)26-36(38(33)46-47)43(15,16)17/h21-26H,18-20H2,1-17H3. The first-order chi connectivity index (χ1) is 21.3. The molecule has 3 nitrogen and oxygen atoms in total. The van der Waals surface area contributed by atoms with Gasteiger partial charge >= 0.3 is 8.24 Å². The minimum absolute atomic E-state index is 0.0285. The number of benzene rings is 3. The zero-order valence-corrected chi connectivity index (χ0v) is 33.7. The van der Waals surface area contributed by atoms with Crippen molar-refractivity contribution in [3.05, 3.63) is 80.9 Å². The number of hydrogen-bond acceptors (Lipinski definition) is 3. The van der Waals surface area contributed by atoms with Crippen LogP contribution in [0.25, 0.3) is 21.9 Å². The second-order valence-corrected chi connectivity index (χ2v) is 20.0. The van der Waals surface area contributed by atoms with Gasteiger partial charge in [-0.2, -0.15) is 0 Å². The van der Waals surface area contributed by atoms with Gasteiger partial charge in [-0.15, -0.1) is 0 Å². The summed E-state index contributed by atoms with van der Waals surface area (Å²) in [5.41, 5.74) is 12.1. The van der Waals surface area contributed by atoms with Gasteiger partial charge in [0.25, 0.3) is 0 Å². The Labute approximate surface area is 287 Å². The van der Waals surface area contributed by atoms with E-state index >= 15 is 0 Å². The average Bonchev–Trinajstić information content (AvgIpc) is 3.05. The molecule has 0 unspecified atom stereocenters. The van der Waals surface area contributed by atoms with Crippen LogP contribution in [0.2, 0.25) is 0 Å². The molecule has 0 fully saturated rings. The Balaban J connectivity index is 1.94. The Bertz CT molecular complexity index is 1710. The van der Waals surface area contributed by atoms with Crippen molar-refractivity contribution in [2.24, 2.45) is 0 Å². The molecule has 0 saturated heterocycles. The average molecular weight is 659 g/mol. The van der Waals surface area contributed by atoms with E-state index in [1.54, 1.807) is 0 Å². The second-order valence-electron chi connectivity index (χ2n) is 19.0. The van der Waals surface area contributed by atoms with Crippen LogP contribution in [-0.4, -0.2) is 6.61 Å². The third kappa shape index (κ3) is 8.40. The molecule has 0 aliphatic rings. The lowest BCUT2D eigenvalue weighted by Gasteiger charge is -2.27. The van der Waals surface area contributed by atoms with Gasteiger partial charge in [-0.05, 0) is 99.3 Å². The summed E-state index contributed by atoms with van der Waals surface area (Å²) in [6.07, 6.45) is 1.84. The van der Waals surface area contributed by atoms with Crippen molar-refractivity contribution in [2.75, 3.05) is 6.61 Å². The first-order valence-corrected chi connectivity index (χ1v) is 18.7. The van der Waals surface area contributed by atoms with Gasteiger partial charge in [0, 0.05) is 21.9 Å². The molecule has 47 heavy (non-hydrogen) atoms. The van der Waals surface area contributed by atoms with E-state index in [4.69, 9.17) is 12.9 Å². The highest BCUT2D eigenvalue weighted by Crippen LogP contribution is 2.45. The van der Waals surface area contributed by atoms with E-state index in [1.807, 2.05) is 0 Å². The lowest BCUT2D eigenvalue weighted by molar-refractivity contribution is 0.363. The van der Waals surface area contributed by atoms with Crippen molar-refractivity contribution in [1.82, 2.24) is 0 Å². The summed E-state index contributed by atoms with van der Waals surface area (Å²) in [6.45, 7) is 39.3. The lowest BCUT2D eigenvalue weighted by Crippen LogP contribution is -2.17. The summed E-state index contributed by atoms with van der Waals surface area (Å²) in [5, 5.41) is 2.21. The fraction of sp³-hybridized carbons (Fsp3) is 0.581. The minimum atomic E-state index is -1.69. The molecule has 258 valence electrons. The molecule has 1 aromatic heterocycles. The predicted molar refractivity (Wildman–Crippen MR) is 206 cm³/mol. The number of hydrogen-bond donors (Lipinski definition) is 0. The summed E-state index contributed by atoms with van der Waals surface area (Å²) in [6, 6.07) is 14.1. The maximum absolute atomic E-state index is 6.93. The molecular formula is C43H63O3P. The smallest absolute Gasteiger partial charge is 0.387 e. The quantitative estimate of drug-likeness (QED) is 0.200. The first-order valence-electron chi connectivity index (χ1n) is 17.6. The number of fused-ring (bicyclic) bond motifs is 3. The Morgan fingerprint density at radius 3 is 1.34 bits per heavy atom. The molecule has 0 spiro atoms. The molecule has 1 heterocycles. The Morgan fingerprint density at radius 2 is 0.957 bits per heavy atom. The van der Waals surface area contributed by atoms with E-state index in [9.17, 15) is 0 Å². The zero-order valence-electron chi connectivity index (χ0n) is 32.8. The Morgan fingerprint density at radius 1 is 0.532 bits per heavy atom. The molecule has 0 aliphatic heterocycles. The third-order valence-corrected chi connectivity index (χ3v) is 10.5. The molecule has 0 radical (unpaired) electrons. The highest BCUT2D eigenvalue weighted by Gasteiger charge is 2.29. The van der Waals surface area contributed by atoms with Crippen molar-refractivity contribution in [3.8, 4) is 0 Å². The molecule has 0 saturated carbocycles. The van der Waals surface area contributed by atoms with Crippen LogP contribution in [-0.2, 0) is 33.5 Å². The van der Waals surface area contributed by atoms with E-state index in [0.717, 1.165) is 34.8 Å². The van der Waals surface area contributed by atoms with Crippen LogP contribution < -0.4 is 4.52 Å². The summed E-state index contributed by atoms with van der Waals surface area (Å²) in [5.74, 6) is 0. The summed E-state index contributed by atoms with van der Waals surface area (Å²) in [7, 11) is -1.69. The first kappa shape index (κ1) is 37.3. The van der Waals surface area contributed by atoms with Gasteiger partial charge in [0.2, 0.25) is 0 Å². The van der Waals surface area contributed by atoms with Crippen molar-refractivity contribution >= 4 is 30.2 Å². The lowest BCUT2D eigenvalue weighted by atomic mass is 9.77. The van der Waals surface area contributed by atoms with Crippen molar-refractivity contribution in [2.45, 2.75) is 158 Å². The van der Waals surface area contributed by atoms with Gasteiger partial charge in [-0.25, -0.2) is 0 Å². The van der Waals surface area contributed by atoms with E-state index in [0.29, 0.717) is 6.61 Å². The van der Waals surface area contributed by atoms with Gasteiger partial charge in [0.15, 0.2) is 0 Å². The van der Waals surface area contributed by atoms with E-state index in [2.05, 4.69) is 154 Å². The van der Waals surface area contributed by atoms with E-state index in [-0.39, 0.29) is 27.1 Å². The van der Waals surface area contributed by atoms with Crippen LogP contribution in [0.4, 0.5) is 0 Å². The molecular weight excluding hydrogens is 595 g/mol. The normalized spacial score (nSPS) is 13.6. The van der Waals surface area contributed by atoms with E-state index < -0.39 is 8.24 Å². The van der Waals surface area contributed by atoms with Gasteiger partial charge in [-0.3, -0.25) is 4.52 Å². The summed E-state index contributed by atoms with van der Waals surface area (Å²) >= 11 is 0. The minimum Gasteiger partial charge on any atom is -0.399 e. The molecule has 4 aromatic rings. The molecule has 0 N–H and O–H groups in total. The summed E-state index contributed by atoms with van der Waals surface area (Å²) in [4.78, 5) is 0. The number of rotatable bonds is 5. The molecule has 0 atom stereocenters. The van der Waals surface area contributed by atoms with Crippen LogP contribution in [0.3, 0.4) is 0 Å². The predicted octanol–water partition coefficient (Wildman–Crippen LogP) is 13.5. The largest absolute Gasteiger partial charge is 0.399 e. The van der Waals surface area contributed by atoms with Gasteiger partial charge in [-0.1, -0.05) is 128 Å². The van der Waals surface area contributed by atoms with Crippen molar-refractivity contribution in [1.29, 1.82) is 0 Å². The molecule has 0 amide bonds. The van der Waals surface area contributed by atoms with Crippen LogP contribution in [0.5, 0.6) is 0 Å². The fourth-order valence-electron chi connectivity index (χ4n) is 6.33. The monoisotopic (exact) mass is 658 g/mol. The Kier molecular flexibility index (Phi) is 10.1. The van der Waals surface area contributed by atoms with Crippen LogP contribution >= 0.6 is 8.24 Å². The second kappa shape index (κ2) is 12.8. The third-order valence-electron chi connectivity index (χ3n) is 9.49. The topological polar surface area (TPSA) is 35.5 Å². The SMILES string of the molecule is Cc1cc(CCCOp2oc3c(C(C)(C)C)cc(C(C)(C)C)cc3c3cc(C(C)(C)C)cc(C(C)(C)C)c3o2)cc(C(C)(C)C)c1C. The number of aryl methyl sites for hydroxylation is 2. The van der Waals surface area contributed by atoms with Crippen molar-refractivity contribution < 1.29 is 12.9 Å². The fourth-order valence-corrected chi connectivity index (χ4v) is 7.44. The van der Waals surface area contributed by atoms with E-state index in [1.165, 1.54) is 44.5 Å². The van der Waals surface area contributed by atoms with Crippen LogP contribution in [0, 0.1) is 13.8 Å².